The van der Waals surface area contributed by atoms with Crippen LogP contribution in [0.5, 0.6) is 0 Å². The van der Waals surface area contributed by atoms with Crippen molar-refractivity contribution in [2.45, 2.75) is 6.42 Å². The monoisotopic (exact) mass is 315 g/mol. The van der Waals surface area contributed by atoms with Gasteiger partial charge in [0.05, 0.1) is 10.6 Å². The summed E-state index contributed by atoms with van der Waals surface area (Å²) in [6.45, 7) is 0. The summed E-state index contributed by atoms with van der Waals surface area (Å²) in [5.41, 5.74) is 1.70. The molecule has 0 amide bonds. The van der Waals surface area contributed by atoms with Crippen LogP contribution in [0.15, 0.2) is 46.2 Å². The molecule has 0 saturated heterocycles. The number of fused-ring (bicyclic) bond motifs is 1. The lowest BCUT2D eigenvalue weighted by Gasteiger charge is -1.95. The number of thioether (sulfide) groups is 1. The van der Waals surface area contributed by atoms with Crippen LogP contribution in [0.3, 0.4) is 0 Å². The molecule has 0 aliphatic carbocycles. The van der Waals surface area contributed by atoms with Crippen molar-refractivity contribution in [3.05, 3.63) is 62.7 Å². The summed E-state index contributed by atoms with van der Waals surface area (Å²) in [5.74, 6) is 1.42. The lowest BCUT2D eigenvalue weighted by atomic mass is 10.2. The van der Waals surface area contributed by atoms with Gasteiger partial charge in [-0.05, 0) is 17.8 Å². The number of nitrogens with zero attached hydrogens (tertiary/aromatic N) is 1. The zero-order valence-electron chi connectivity index (χ0n) is 11.1. The van der Waals surface area contributed by atoms with Crippen LogP contribution in [0, 0.1) is 4.77 Å². The highest BCUT2D eigenvalue weighted by Gasteiger charge is 2.18. The van der Waals surface area contributed by atoms with Crippen LogP contribution in [-0.4, -0.2) is 20.8 Å². The van der Waals surface area contributed by atoms with E-state index in [1.54, 1.807) is 11.8 Å². The molecule has 3 rings (SSSR count). The number of H-pyrrole nitrogens is 2. The average Bonchev–Trinajstić information content (AvgIpc) is 2.88. The molecule has 4 nitrogen and oxygen atoms in total. The van der Waals surface area contributed by atoms with E-state index < -0.39 is 0 Å². The first-order chi connectivity index (χ1) is 10.2. The number of rotatable bonds is 3. The van der Waals surface area contributed by atoms with Crippen molar-refractivity contribution in [2.24, 2.45) is 4.99 Å². The van der Waals surface area contributed by atoms with Gasteiger partial charge in [0, 0.05) is 12.2 Å². The van der Waals surface area contributed by atoms with Crippen LogP contribution >= 0.6 is 24.0 Å². The zero-order valence-corrected chi connectivity index (χ0v) is 12.8. The molecule has 1 aliphatic rings. The first kappa shape index (κ1) is 14.0. The third kappa shape index (κ3) is 3.40. The second-order valence-corrected chi connectivity index (χ2v) is 6.04. The third-order valence-corrected chi connectivity index (χ3v) is 4.17. The molecule has 2 N–H and O–H groups in total. The van der Waals surface area contributed by atoms with Gasteiger partial charge in [0.25, 0.3) is 5.56 Å². The van der Waals surface area contributed by atoms with Crippen LogP contribution in [-0.2, 0) is 6.42 Å². The molecular formula is C15H13N3OS2. The molecule has 1 aliphatic heterocycles. The van der Waals surface area contributed by atoms with E-state index in [0.29, 0.717) is 22.6 Å². The molecule has 21 heavy (non-hydrogen) atoms. The highest BCUT2D eigenvalue weighted by Crippen LogP contribution is 2.25. The number of hydrogen-bond donors (Lipinski definition) is 2. The Morgan fingerprint density at radius 3 is 2.90 bits per heavy atom. The lowest BCUT2D eigenvalue weighted by molar-refractivity contribution is 1.05. The van der Waals surface area contributed by atoms with E-state index in [1.807, 2.05) is 18.2 Å². The molecule has 0 atom stereocenters. The molecule has 1 aromatic carbocycles. The summed E-state index contributed by atoms with van der Waals surface area (Å²) in [6.07, 6.45) is 4.74. The molecule has 0 bridgehead atoms. The van der Waals surface area contributed by atoms with Crippen molar-refractivity contribution >= 4 is 40.9 Å². The number of nitrogens with one attached hydrogen (secondary N) is 2. The second-order valence-electron chi connectivity index (χ2n) is 4.54. The van der Waals surface area contributed by atoms with Crippen LogP contribution in [0.2, 0.25) is 0 Å². The van der Waals surface area contributed by atoms with Crippen molar-refractivity contribution in [3.8, 4) is 0 Å². The average molecular weight is 315 g/mol. The highest BCUT2D eigenvalue weighted by molar-refractivity contribution is 8.14. The van der Waals surface area contributed by atoms with Gasteiger partial charge in [-0.3, -0.25) is 9.78 Å². The van der Waals surface area contributed by atoms with E-state index in [1.165, 1.54) is 5.56 Å². The quantitative estimate of drug-likeness (QED) is 0.853. The normalized spacial score (nSPS) is 13.4. The Morgan fingerprint density at radius 1 is 1.29 bits per heavy atom. The van der Waals surface area contributed by atoms with E-state index in [9.17, 15) is 4.79 Å². The van der Waals surface area contributed by atoms with Gasteiger partial charge in [0.15, 0.2) is 4.77 Å². The number of aliphatic imine (C=N–C) groups is 1. The summed E-state index contributed by atoms with van der Waals surface area (Å²) in [7, 11) is 0. The van der Waals surface area contributed by atoms with E-state index in [4.69, 9.17) is 12.2 Å². The Hall–Kier alpha value is -1.92. The second kappa shape index (κ2) is 6.24. The summed E-state index contributed by atoms with van der Waals surface area (Å²) < 4.78 is 0.317. The molecule has 0 saturated carbocycles. The fourth-order valence-corrected chi connectivity index (χ4v) is 3.03. The van der Waals surface area contributed by atoms with Gasteiger partial charge in [-0.25, -0.2) is 4.99 Å². The van der Waals surface area contributed by atoms with Crippen LogP contribution in [0.1, 0.15) is 11.1 Å². The molecule has 0 fully saturated rings. The largest absolute Gasteiger partial charge is 0.317 e. The van der Waals surface area contributed by atoms with Gasteiger partial charge < -0.3 is 4.98 Å². The van der Waals surface area contributed by atoms with Crippen molar-refractivity contribution in [2.75, 3.05) is 5.75 Å². The van der Waals surface area contributed by atoms with E-state index in [0.717, 1.165) is 10.8 Å². The number of aromatic amines is 2. The Morgan fingerprint density at radius 2 is 2.10 bits per heavy atom. The van der Waals surface area contributed by atoms with Crippen molar-refractivity contribution < 1.29 is 0 Å². The van der Waals surface area contributed by atoms with Crippen molar-refractivity contribution in [1.82, 2.24) is 9.97 Å². The van der Waals surface area contributed by atoms with Gasteiger partial charge in [0.2, 0.25) is 0 Å². The predicted octanol–water partition coefficient (Wildman–Crippen LogP) is 3.47. The summed E-state index contributed by atoms with van der Waals surface area (Å²) in [4.78, 5) is 21.7. The van der Waals surface area contributed by atoms with Crippen LogP contribution < -0.4 is 5.56 Å². The third-order valence-electron chi connectivity index (χ3n) is 3.04. The van der Waals surface area contributed by atoms with Gasteiger partial charge in [0.1, 0.15) is 5.82 Å². The first-order valence-corrected chi connectivity index (χ1v) is 7.89. The molecule has 6 heteroatoms. The van der Waals surface area contributed by atoms with Gasteiger partial charge in [-0.2, -0.15) is 0 Å². The molecule has 106 valence electrons. The van der Waals surface area contributed by atoms with Gasteiger partial charge in [-0.1, -0.05) is 42.5 Å². The summed E-state index contributed by atoms with van der Waals surface area (Å²) in [6, 6.07) is 10.1. The fourth-order valence-electron chi connectivity index (χ4n) is 2.05. The Kier molecular flexibility index (Phi) is 4.17. The molecule has 0 spiro atoms. The van der Waals surface area contributed by atoms with E-state index >= 15 is 0 Å². The Balaban J connectivity index is 1.62. The maximum atomic E-state index is 11.8. The minimum atomic E-state index is -0.145. The number of aromatic nitrogens is 2. The lowest BCUT2D eigenvalue weighted by Crippen LogP contribution is -2.13. The minimum Gasteiger partial charge on any atom is -0.317 e. The van der Waals surface area contributed by atoms with Crippen molar-refractivity contribution in [3.63, 3.8) is 0 Å². The van der Waals surface area contributed by atoms with E-state index in [2.05, 4.69) is 39.2 Å². The smallest absolute Gasteiger partial charge is 0.257 e. The number of benzene rings is 1. The van der Waals surface area contributed by atoms with Crippen LogP contribution in [0.4, 0.5) is 5.82 Å². The standard InChI is InChI=1S/C15H13N3OS2/c19-14-11-9-12(16-13(11)17-15(20)18-14)21-8-4-7-10-5-2-1-3-6-10/h1-7H,8-9H2,(H2,17,18,19,20)/b7-4+. The summed E-state index contributed by atoms with van der Waals surface area (Å²) in [5, 5.41) is 0.935. The molecule has 1 aromatic heterocycles. The van der Waals surface area contributed by atoms with Gasteiger partial charge >= 0.3 is 0 Å². The van der Waals surface area contributed by atoms with E-state index in [-0.39, 0.29) is 5.56 Å². The Labute approximate surface area is 131 Å². The first-order valence-electron chi connectivity index (χ1n) is 6.50. The predicted molar refractivity (Wildman–Crippen MR) is 91.0 cm³/mol. The summed E-state index contributed by atoms with van der Waals surface area (Å²) >= 11 is 6.57. The number of hydrogen-bond acceptors (Lipinski definition) is 4. The highest BCUT2D eigenvalue weighted by atomic mass is 32.2. The SMILES string of the molecule is O=c1[nH]c(=S)[nH]c2c1CC(SC/C=C/c1ccccc1)=N2. The molecule has 0 radical (unpaired) electrons. The van der Waals surface area contributed by atoms with Gasteiger partial charge in [-0.15, -0.1) is 11.8 Å². The molecule has 0 unspecified atom stereocenters. The van der Waals surface area contributed by atoms with Crippen molar-refractivity contribution in [1.29, 1.82) is 0 Å². The molecular weight excluding hydrogens is 302 g/mol. The topological polar surface area (TPSA) is 61.0 Å². The Bertz CT molecular complexity index is 819. The molecule has 2 heterocycles. The minimum absolute atomic E-state index is 0.145. The molecule has 2 aromatic rings. The zero-order chi connectivity index (χ0) is 14.7. The fraction of sp³-hybridized carbons (Fsp3) is 0.133. The maximum Gasteiger partial charge on any atom is 0.257 e. The maximum absolute atomic E-state index is 11.8. The van der Waals surface area contributed by atoms with Crippen LogP contribution in [0.25, 0.3) is 6.08 Å².